The molecule has 1 fully saturated rings. The molecule has 1 aliphatic carbocycles. The quantitative estimate of drug-likeness (QED) is 0.815. The van der Waals surface area contributed by atoms with Crippen LogP contribution in [0.15, 0.2) is 16.6 Å². The Balaban J connectivity index is 2.09. The maximum atomic E-state index is 5.88. The van der Waals surface area contributed by atoms with Crippen molar-refractivity contribution >= 4 is 27.3 Å². The van der Waals surface area contributed by atoms with Crippen LogP contribution in [0.5, 0.6) is 0 Å². The Bertz CT molecular complexity index is 397. The Labute approximate surface area is 112 Å². The molecule has 1 aliphatic rings. The normalized spacial score (nSPS) is 18.3. The average Bonchev–Trinajstić information content (AvgIpc) is 2.79. The number of anilines is 2. The predicted octanol–water partition coefficient (Wildman–Crippen LogP) is 4.33. The SMILES string of the molecule is Cc1cc(NC(C)C2CCCC2)c(Br)cc1N. The highest BCUT2D eigenvalue weighted by atomic mass is 79.9. The van der Waals surface area contributed by atoms with Gasteiger partial charge in [0.15, 0.2) is 0 Å². The molecule has 0 aromatic heterocycles. The fraction of sp³-hybridized carbons (Fsp3) is 0.571. The summed E-state index contributed by atoms with van der Waals surface area (Å²) >= 11 is 3.58. The summed E-state index contributed by atoms with van der Waals surface area (Å²) in [5.41, 5.74) is 9.02. The van der Waals surface area contributed by atoms with Gasteiger partial charge in [-0.3, -0.25) is 0 Å². The second-order valence-corrected chi connectivity index (χ2v) is 6.02. The van der Waals surface area contributed by atoms with Gasteiger partial charge >= 0.3 is 0 Å². The van der Waals surface area contributed by atoms with Crippen LogP contribution in [0.3, 0.4) is 0 Å². The number of nitrogens with two attached hydrogens (primary N) is 1. The minimum atomic E-state index is 0.539. The van der Waals surface area contributed by atoms with Gasteiger partial charge in [0.05, 0.1) is 0 Å². The van der Waals surface area contributed by atoms with E-state index in [9.17, 15) is 0 Å². The van der Waals surface area contributed by atoms with Crippen molar-refractivity contribution in [3.8, 4) is 0 Å². The van der Waals surface area contributed by atoms with Gasteiger partial charge in [0.25, 0.3) is 0 Å². The molecule has 2 rings (SSSR count). The minimum absolute atomic E-state index is 0.539. The molecule has 0 radical (unpaired) electrons. The van der Waals surface area contributed by atoms with Gasteiger partial charge in [0.2, 0.25) is 0 Å². The zero-order chi connectivity index (χ0) is 12.4. The lowest BCUT2D eigenvalue weighted by Gasteiger charge is -2.23. The van der Waals surface area contributed by atoms with Crippen molar-refractivity contribution in [3.63, 3.8) is 0 Å². The van der Waals surface area contributed by atoms with E-state index in [2.05, 4.69) is 34.2 Å². The van der Waals surface area contributed by atoms with E-state index in [-0.39, 0.29) is 0 Å². The first-order valence-electron chi connectivity index (χ1n) is 6.40. The molecule has 2 nitrogen and oxygen atoms in total. The Morgan fingerprint density at radius 3 is 2.65 bits per heavy atom. The van der Waals surface area contributed by atoms with Crippen molar-refractivity contribution in [3.05, 3.63) is 22.2 Å². The summed E-state index contributed by atoms with van der Waals surface area (Å²) in [6.45, 7) is 4.33. The minimum Gasteiger partial charge on any atom is -0.398 e. The number of nitrogen functional groups attached to an aromatic ring is 1. The molecule has 1 aromatic rings. The zero-order valence-electron chi connectivity index (χ0n) is 10.6. The first-order chi connectivity index (χ1) is 8.08. The third kappa shape index (κ3) is 2.95. The molecular formula is C14H21BrN2. The van der Waals surface area contributed by atoms with Gasteiger partial charge in [0.1, 0.15) is 0 Å². The van der Waals surface area contributed by atoms with Gasteiger partial charge in [-0.25, -0.2) is 0 Å². The lowest BCUT2D eigenvalue weighted by Crippen LogP contribution is -2.24. The lowest BCUT2D eigenvalue weighted by molar-refractivity contribution is 0.482. The van der Waals surface area contributed by atoms with Crippen LogP contribution >= 0.6 is 15.9 Å². The standard InChI is InChI=1S/C14H21BrN2/c1-9-7-14(12(15)8-13(9)16)17-10(2)11-5-3-4-6-11/h7-8,10-11,17H,3-6,16H2,1-2H3. The van der Waals surface area contributed by atoms with E-state index in [1.54, 1.807) is 0 Å². The third-order valence-electron chi connectivity index (χ3n) is 3.85. The number of hydrogen-bond donors (Lipinski definition) is 2. The molecule has 1 atom stereocenters. The second kappa shape index (κ2) is 5.30. The predicted molar refractivity (Wildman–Crippen MR) is 78.3 cm³/mol. The van der Waals surface area contributed by atoms with Gasteiger partial charge in [0, 0.05) is 21.9 Å². The number of halogens is 1. The number of nitrogens with one attached hydrogen (secondary N) is 1. The van der Waals surface area contributed by atoms with E-state index in [0.29, 0.717) is 6.04 Å². The third-order valence-corrected chi connectivity index (χ3v) is 4.50. The van der Waals surface area contributed by atoms with Gasteiger partial charge in [-0.2, -0.15) is 0 Å². The van der Waals surface area contributed by atoms with Crippen LogP contribution in [0.1, 0.15) is 38.2 Å². The van der Waals surface area contributed by atoms with E-state index in [1.165, 1.54) is 25.7 Å². The van der Waals surface area contributed by atoms with Crippen LogP contribution < -0.4 is 11.1 Å². The molecule has 1 aromatic carbocycles. The summed E-state index contributed by atoms with van der Waals surface area (Å²) < 4.78 is 1.06. The molecule has 3 heteroatoms. The number of hydrogen-bond acceptors (Lipinski definition) is 2. The summed E-state index contributed by atoms with van der Waals surface area (Å²) in [5.74, 6) is 0.819. The van der Waals surface area contributed by atoms with Crippen LogP contribution in [0, 0.1) is 12.8 Å². The smallest absolute Gasteiger partial charge is 0.0490 e. The van der Waals surface area contributed by atoms with Crippen LogP contribution in [0.2, 0.25) is 0 Å². The molecule has 3 N–H and O–H groups in total. The van der Waals surface area contributed by atoms with Crippen molar-refractivity contribution < 1.29 is 0 Å². The molecule has 0 heterocycles. The maximum absolute atomic E-state index is 5.88. The number of aryl methyl sites for hydroxylation is 1. The first kappa shape index (κ1) is 12.7. The summed E-state index contributed by atoms with van der Waals surface area (Å²) in [4.78, 5) is 0. The van der Waals surface area contributed by atoms with Crippen LogP contribution in [-0.2, 0) is 0 Å². The van der Waals surface area contributed by atoms with E-state index in [4.69, 9.17) is 5.73 Å². The largest absolute Gasteiger partial charge is 0.398 e. The van der Waals surface area contributed by atoms with Gasteiger partial charge in [-0.1, -0.05) is 12.8 Å². The van der Waals surface area contributed by atoms with Crippen molar-refractivity contribution in [2.75, 3.05) is 11.1 Å². The second-order valence-electron chi connectivity index (χ2n) is 5.17. The highest BCUT2D eigenvalue weighted by Gasteiger charge is 2.21. The van der Waals surface area contributed by atoms with E-state index < -0.39 is 0 Å². The van der Waals surface area contributed by atoms with Crippen LogP contribution in [0.4, 0.5) is 11.4 Å². The summed E-state index contributed by atoms with van der Waals surface area (Å²) in [7, 11) is 0. The van der Waals surface area contributed by atoms with E-state index >= 15 is 0 Å². The molecule has 0 spiro atoms. The number of rotatable bonds is 3. The molecular weight excluding hydrogens is 276 g/mol. The molecule has 1 unspecified atom stereocenters. The van der Waals surface area contributed by atoms with Crippen molar-refractivity contribution in [2.45, 2.75) is 45.6 Å². The molecule has 94 valence electrons. The first-order valence-corrected chi connectivity index (χ1v) is 7.19. The zero-order valence-corrected chi connectivity index (χ0v) is 12.2. The Morgan fingerprint density at radius 1 is 1.35 bits per heavy atom. The molecule has 1 saturated carbocycles. The Morgan fingerprint density at radius 2 is 2.00 bits per heavy atom. The Hall–Kier alpha value is -0.700. The summed E-state index contributed by atoms with van der Waals surface area (Å²) in [5, 5.41) is 3.62. The highest BCUT2D eigenvalue weighted by Crippen LogP contribution is 2.32. The summed E-state index contributed by atoms with van der Waals surface area (Å²) in [6, 6.07) is 4.65. The van der Waals surface area contributed by atoms with E-state index in [0.717, 1.165) is 27.3 Å². The highest BCUT2D eigenvalue weighted by molar-refractivity contribution is 9.10. The van der Waals surface area contributed by atoms with Crippen LogP contribution in [0.25, 0.3) is 0 Å². The molecule has 0 bridgehead atoms. The average molecular weight is 297 g/mol. The fourth-order valence-corrected chi connectivity index (χ4v) is 3.10. The van der Waals surface area contributed by atoms with Crippen LogP contribution in [-0.4, -0.2) is 6.04 Å². The van der Waals surface area contributed by atoms with Gasteiger partial charge in [-0.15, -0.1) is 0 Å². The van der Waals surface area contributed by atoms with Gasteiger partial charge in [-0.05, 0) is 66.2 Å². The molecule has 0 saturated heterocycles. The molecule has 0 amide bonds. The topological polar surface area (TPSA) is 38.0 Å². The monoisotopic (exact) mass is 296 g/mol. The van der Waals surface area contributed by atoms with Crippen molar-refractivity contribution in [2.24, 2.45) is 5.92 Å². The lowest BCUT2D eigenvalue weighted by atomic mass is 9.99. The van der Waals surface area contributed by atoms with Crippen molar-refractivity contribution in [1.29, 1.82) is 0 Å². The molecule has 17 heavy (non-hydrogen) atoms. The Kier molecular flexibility index (Phi) is 3.97. The fourth-order valence-electron chi connectivity index (χ4n) is 2.63. The number of benzene rings is 1. The summed E-state index contributed by atoms with van der Waals surface area (Å²) in [6.07, 6.45) is 5.50. The maximum Gasteiger partial charge on any atom is 0.0490 e. The van der Waals surface area contributed by atoms with Crippen molar-refractivity contribution in [1.82, 2.24) is 0 Å². The van der Waals surface area contributed by atoms with Gasteiger partial charge < -0.3 is 11.1 Å². The molecule has 0 aliphatic heterocycles. The van der Waals surface area contributed by atoms with E-state index in [1.807, 2.05) is 13.0 Å².